The molecule has 0 saturated heterocycles. The first-order chi connectivity index (χ1) is 3.41. The minimum absolute atomic E-state index is 0.217. The lowest BCUT2D eigenvalue weighted by Gasteiger charge is -1.89. The summed E-state index contributed by atoms with van der Waals surface area (Å²) >= 11 is 7.48. The molecule has 0 aliphatic heterocycles. The number of unbranched alkanes of at least 4 members (excludes halogenated alkanes) is 1. The average molecular weight is 155 g/mol. The van der Waals surface area contributed by atoms with Gasteiger partial charge in [0.25, 0.3) is 0 Å². The van der Waals surface area contributed by atoms with Gasteiger partial charge >= 0.3 is 0 Å². The van der Waals surface area contributed by atoms with Crippen molar-refractivity contribution in [1.29, 1.82) is 0 Å². The first-order valence-electron chi connectivity index (χ1n) is 2.55. The predicted octanol–water partition coefficient (Wildman–Crippen LogP) is 1.76. The second-order valence-corrected chi connectivity index (χ2v) is 6.25. The van der Waals surface area contributed by atoms with Crippen LogP contribution in [0.15, 0.2) is 0 Å². The van der Waals surface area contributed by atoms with Gasteiger partial charge in [-0.15, -0.1) is 0 Å². The van der Waals surface area contributed by atoms with E-state index in [1.165, 1.54) is 18.6 Å². The third kappa shape index (κ3) is 6.86. The van der Waals surface area contributed by atoms with Crippen LogP contribution in [0.4, 0.5) is 0 Å². The number of hydrogen-bond acceptors (Lipinski definition) is 1. The fourth-order valence-corrected chi connectivity index (χ4v) is 2.82. The van der Waals surface area contributed by atoms with Crippen molar-refractivity contribution in [3.8, 4) is 0 Å². The molecule has 0 nitrogen and oxygen atoms in total. The molecule has 0 spiro atoms. The second-order valence-electron chi connectivity index (χ2n) is 1.37. The van der Waals surface area contributed by atoms with E-state index in [0.29, 0.717) is 0 Å². The van der Waals surface area contributed by atoms with Crippen LogP contribution in [0.25, 0.3) is 0 Å². The van der Waals surface area contributed by atoms with E-state index < -0.39 is 0 Å². The van der Waals surface area contributed by atoms with Gasteiger partial charge in [-0.25, -0.2) is 0 Å². The standard InChI is InChI=1S/C4H11ClSSi/c1-2-3-4-6-7-5/h2-4,7H2,1H3. The Morgan fingerprint density at radius 1 is 1.71 bits per heavy atom. The molecule has 0 aromatic rings. The molecule has 0 fully saturated rings. The first kappa shape index (κ1) is 7.86. The number of halogens is 1. The zero-order chi connectivity index (χ0) is 5.54. The zero-order valence-electron chi connectivity index (χ0n) is 4.61. The Morgan fingerprint density at radius 2 is 2.43 bits per heavy atom. The number of hydrogen-bond donors (Lipinski definition) is 0. The summed E-state index contributed by atoms with van der Waals surface area (Å²) in [6, 6.07) is 0. The van der Waals surface area contributed by atoms with E-state index in [-0.39, 0.29) is 7.98 Å². The minimum atomic E-state index is -0.217. The van der Waals surface area contributed by atoms with Gasteiger partial charge < -0.3 is 0 Å². The van der Waals surface area contributed by atoms with Crippen molar-refractivity contribution >= 4 is 30.3 Å². The molecule has 0 heterocycles. The van der Waals surface area contributed by atoms with E-state index in [1.807, 2.05) is 11.2 Å². The third-order valence-electron chi connectivity index (χ3n) is 0.719. The molecule has 0 radical (unpaired) electrons. The first-order valence-corrected chi connectivity index (χ1v) is 7.58. The van der Waals surface area contributed by atoms with Crippen LogP contribution in [-0.2, 0) is 0 Å². The lowest BCUT2D eigenvalue weighted by molar-refractivity contribution is 0.898. The molecule has 3 heteroatoms. The monoisotopic (exact) mass is 154 g/mol. The minimum Gasteiger partial charge on any atom is -0.174 e. The van der Waals surface area contributed by atoms with Gasteiger partial charge in [0.05, 0.1) is 0 Å². The van der Waals surface area contributed by atoms with Gasteiger partial charge in [-0.1, -0.05) is 13.3 Å². The van der Waals surface area contributed by atoms with Gasteiger partial charge in [-0.05, 0) is 12.2 Å². The maximum atomic E-state index is 5.54. The second kappa shape index (κ2) is 6.86. The molecule has 0 aliphatic rings. The van der Waals surface area contributed by atoms with Crippen molar-refractivity contribution in [2.24, 2.45) is 0 Å². The van der Waals surface area contributed by atoms with Crippen LogP contribution >= 0.6 is 22.3 Å². The topological polar surface area (TPSA) is 0 Å². The summed E-state index contributed by atoms with van der Waals surface area (Å²) in [5.41, 5.74) is 0. The van der Waals surface area contributed by atoms with Gasteiger partial charge in [0, 0.05) is 0 Å². The van der Waals surface area contributed by atoms with Gasteiger partial charge in [0.15, 0.2) is 7.98 Å². The van der Waals surface area contributed by atoms with Crippen molar-refractivity contribution in [3.05, 3.63) is 0 Å². The van der Waals surface area contributed by atoms with Crippen LogP contribution in [-0.4, -0.2) is 13.7 Å². The largest absolute Gasteiger partial charge is 0.184 e. The summed E-state index contributed by atoms with van der Waals surface area (Å²) in [6.07, 6.45) is 2.64. The lowest BCUT2D eigenvalue weighted by Crippen LogP contribution is -1.76. The Balaban J connectivity index is 2.45. The molecule has 0 aliphatic carbocycles. The van der Waals surface area contributed by atoms with Crippen molar-refractivity contribution in [2.75, 3.05) is 5.75 Å². The van der Waals surface area contributed by atoms with Crippen molar-refractivity contribution in [2.45, 2.75) is 19.8 Å². The van der Waals surface area contributed by atoms with Gasteiger partial charge in [0.1, 0.15) is 0 Å². The van der Waals surface area contributed by atoms with Crippen LogP contribution in [0.1, 0.15) is 19.8 Å². The molecule has 0 bridgehead atoms. The molecule has 0 aromatic heterocycles. The summed E-state index contributed by atoms with van der Waals surface area (Å²) in [4.78, 5) is 0. The summed E-state index contributed by atoms with van der Waals surface area (Å²) in [5.74, 6) is 1.28. The lowest BCUT2D eigenvalue weighted by atomic mass is 10.4. The summed E-state index contributed by atoms with van der Waals surface area (Å²) in [7, 11) is -0.217. The van der Waals surface area contributed by atoms with E-state index in [4.69, 9.17) is 11.1 Å². The van der Waals surface area contributed by atoms with E-state index in [0.717, 1.165) is 0 Å². The number of rotatable bonds is 4. The fraction of sp³-hybridized carbons (Fsp3) is 1.00. The highest BCUT2D eigenvalue weighted by Gasteiger charge is 1.81. The third-order valence-corrected chi connectivity index (χ3v) is 4.17. The van der Waals surface area contributed by atoms with Crippen LogP contribution in [0, 0.1) is 0 Å². The van der Waals surface area contributed by atoms with E-state index >= 15 is 0 Å². The van der Waals surface area contributed by atoms with Gasteiger partial charge in [-0.3, -0.25) is 0 Å². The SMILES string of the molecule is CCCCS[SiH2]Cl. The smallest absolute Gasteiger partial charge is 0.174 e. The molecule has 0 atom stereocenters. The molecule has 0 aromatic carbocycles. The van der Waals surface area contributed by atoms with Crippen molar-refractivity contribution < 1.29 is 0 Å². The van der Waals surface area contributed by atoms with Crippen LogP contribution in [0.2, 0.25) is 0 Å². The summed E-state index contributed by atoms with van der Waals surface area (Å²) in [5, 5.41) is 0. The fourth-order valence-electron chi connectivity index (χ4n) is 0.301. The maximum Gasteiger partial charge on any atom is 0.184 e. The molecule has 0 N–H and O–H groups in total. The highest BCUT2D eigenvalue weighted by Crippen LogP contribution is 2.02. The zero-order valence-corrected chi connectivity index (χ0v) is 7.60. The van der Waals surface area contributed by atoms with Crippen LogP contribution in [0.5, 0.6) is 0 Å². The van der Waals surface area contributed by atoms with Crippen molar-refractivity contribution in [3.63, 3.8) is 0 Å². The normalized spacial score (nSPS) is 11.1. The summed E-state index contributed by atoms with van der Waals surface area (Å²) in [6.45, 7) is 2.20. The van der Waals surface area contributed by atoms with Crippen molar-refractivity contribution in [1.82, 2.24) is 0 Å². The molecule has 0 unspecified atom stereocenters. The predicted molar refractivity (Wildman–Crippen MR) is 41.8 cm³/mol. The molecule has 0 saturated carbocycles. The molecular formula is C4H11ClSSi. The highest BCUT2D eigenvalue weighted by atomic mass is 35.6. The molecule has 7 heavy (non-hydrogen) atoms. The Kier molecular flexibility index (Phi) is 7.70. The van der Waals surface area contributed by atoms with Gasteiger partial charge in [0.2, 0.25) is 0 Å². The Morgan fingerprint density at radius 3 is 2.86 bits per heavy atom. The van der Waals surface area contributed by atoms with Crippen LogP contribution < -0.4 is 0 Å². The molecule has 0 rings (SSSR count). The quantitative estimate of drug-likeness (QED) is 0.338. The molecule has 44 valence electrons. The maximum absolute atomic E-state index is 5.54. The molecule has 0 amide bonds. The molecular weight excluding hydrogens is 144 g/mol. The average Bonchev–Trinajstić information content (AvgIpc) is 1.69. The van der Waals surface area contributed by atoms with E-state index in [9.17, 15) is 0 Å². The van der Waals surface area contributed by atoms with Gasteiger partial charge in [-0.2, -0.15) is 22.3 Å². The Labute approximate surface area is 56.2 Å². The van der Waals surface area contributed by atoms with E-state index in [1.54, 1.807) is 0 Å². The highest BCUT2D eigenvalue weighted by molar-refractivity contribution is 8.26. The Bertz CT molecular complexity index is 30.9. The van der Waals surface area contributed by atoms with Crippen LogP contribution in [0.3, 0.4) is 0 Å². The van der Waals surface area contributed by atoms with E-state index in [2.05, 4.69) is 6.92 Å². The summed E-state index contributed by atoms with van der Waals surface area (Å²) < 4.78 is 0. The Hall–Kier alpha value is 0.857.